The third-order valence-corrected chi connectivity index (χ3v) is 4.99. The summed E-state index contributed by atoms with van der Waals surface area (Å²) in [5.74, 6) is 0.864. The van der Waals surface area contributed by atoms with Crippen LogP contribution in [0.15, 0.2) is 47.2 Å². The molecular weight excluding hydrogens is 362 g/mol. The number of rotatable bonds is 5. The zero-order valence-corrected chi connectivity index (χ0v) is 15.3. The highest BCUT2D eigenvalue weighted by Gasteiger charge is 2.40. The average molecular weight is 383 g/mol. The Kier molecular flexibility index (Phi) is 4.96. The maximum absolute atomic E-state index is 12.6. The van der Waals surface area contributed by atoms with Crippen molar-refractivity contribution in [1.82, 2.24) is 20.1 Å². The van der Waals surface area contributed by atoms with Crippen LogP contribution in [-0.4, -0.2) is 64.9 Å². The number of imide groups is 1. The number of nitrogens with zero attached hydrogens (tertiary/aromatic N) is 4. The molecule has 4 rings (SSSR count). The van der Waals surface area contributed by atoms with Gasteiger partial charge in [0.25, 0.3) is 5.91 Å². The van der Waals surface area contributed by atoms with E-state index in [0.29, 0.717) is 31.9 Å². The Labute approximate surface area is 161 Å². The lowest BCUT2D eigenvalue weighted by Crippen LogP contribution is -2.50. The second-order valence-electron chi connectivity index (χ2n) is 6.77. The number of hydrogen-bond donors (Lipinski definition) is 1. The highest BCUT2D eigenvalue weighted by molar-refractivity contribution is 6.05. The minimum atomic E-state index is -0.830. The van der Waals surface area contributed by atoms with Crippen LogP contribution >= 0.6 is 0 Å². The van der Waals surface area contributed by atoms with Gasteiger partial charge in [-0.3, -0.25) is 14.5 Å². The standard InChI is InChI=1S/C19H21N5O4/c25-17(23-9-7-22(8-10-23)16-5-1-2-6-20-16)12-15-18(26)24(19(27)21-15)13-14-4-3-11-28-14/h1-6,11,15H,7-10,12-13H2,(H,21,27). The Balaban J connectivity index is 1.30. The van der Waals surface area contributed by atoms with Gasteiger partial charge in [0.15, 0.2) is 0 Å². The second kappa shape index (κ2) is 7.71. The molecule has 2 saturated heterocycles. The first-order valence-electron chi connectivity index (χ1n) is 9.20. The highest BCUT2D eigenvalue weighted by atomic mass is 16.3. The summed E-state index contributed by atoms with van der Waals surface area (Å²) in [4.78, 5) is 46.5. The first-order valence-corrected chi connectivity index (χ1v) is 9.20. The molecule has 1 N–H and O–H groups in total. The van der Waals surface area contributed by atoms with Gasteiger partial charge in [0.1, 0.15) is 17.6 Å². The minimum absolute atomic E-state index is 0.0389. The molecule has 0 spiro atoms. The van der Waals surface area contributed by atoms with Crippen molar-refractivity contribution >= 4 is 23.7 Å². The molecule has 4 amide bonds. The van der Waals surface area contributed by atoms with Gasteiger partial charge in [-0.15, -0.1) is 0 Å². The molecular formula is C19H21N5O4. The van der Waals surface area contributed by atoms with E-state index in [4.69, 9.17) is 4.42 Å². The molecule has 2 aliphatic rings. The number of urea groups is 1. The average Bonchev–Trinajstić information content (AvgIpc) is 3.33. The molecule has 9 nitrogen and oxygen atoms in total. The zero-order chi connectivity index (χ0) is 19.5. The second-order valence-corrected chi connectivity index (χ2v) is 6.77. The predicted molar refractivity (Wildman–Crippen MR) is 99.2 cm³/mol. The van der Waals surface area contributed by atoms with E-state index in [-0.39, 0.29) is 18.9 Å². The lowest BCUT2D eigenvalue weighted by atomic mass is 10.1. The van der Waals surface area contributed by atoms with Gasteiger partial charge in [0.05, 0.1) is 19.2 Å². The van der Waals surface area contributed by atoms with Gasteiger partial charge in [-0.2, -0.15) is 0 Å². The SMILES string of the molecule is O=C(CC1NC(=O)N(Cc2ccco2)C1=O)N1CCN(c2ccccn2)CC1. The Hall–Kier alpha value is -3.36. The van der Waals surface area contributed by atoms with Crippen LogP contribution < -0.4 is 10.2 Å². The molecule has 4 heterocycles. The van der Waals surface area contributed by atoms with Crippen molar-refractivity contribution in [2.75, 3.05) is 31.1 Å². The molecule has 146 valence electrons. The van der Waals surface area contributed by atoms with Crippen LogP contribution in [0.4, 0.5) is 10.6 Å². The minimum Gasteiger partial charge on any atom is -0.467 e. The van der Waals surface area contributed by atoms with Crippen molar-refractivity contribution in [2.45, 2.75) is 19.0 Å². The Morgan fingerprint density at radius 3 is 2.64 bits per heavy atom. The first-order chi connectivity index (χ1) is 13.6. The smallest absolute Gasteiger partial charge is 0.325 e. The molecule has 2 fully saturated rings. The summed E-state index contributed by atoms with van der Waals surface area (Å²) in [5, 5.41) is 2.60. The predicted octanol–water partition coefficient (Wildman–Crippen LogP) is 0.834. The number of pyridine rings is 1. The van der Waals surface area contributed by atoms with Gasteiger partial charge in [-0.05, 0) is 24.3 Å². The van der Waals surface area contributed by atoms with Crippen LogP contribution in [0.25, 0.3) is 0 Å². The van der Waals surface area contributed by atoms with Gasteiger partial charge in [0.2, 0.25) is 5.91 Å². The summed E-state index contributed by atoms with van der Waals surface area (Å²) in [6.07, 6.45) is 3.19. The van der Waals surface area contributed by atoms with Crippen LogP contribution in [0.5, 0.6) is 0 Å². The molecule has 1 unspecified atom stereocenters. The summed E-state index contributed by atoms with van der Waals surface area (Å²) < 4.78 is 5.19. The van der Waals surface area contributed by atoms with Crippen molar-refractivity contribution in [3.8, 4) is 0 Å². The van der Waals surface area contributed by atoms with Gasteiger partial charge in [0, 0.05) is 32.4 Å². The molecule has 9 heteroatoms. The number of carbonyl (C=O) groups is 3. The Bertz CT molecular complexity index is 846. The lowest BCUT2D eigenvalue weighted by molar-refractivity contribution is -0.136. The summed E-state index contributed by atoms with van der Waals surface area (Å²) in [7, 11) is 0. The van der Waals surface area contributed by atoms with Gasteiger partial charge in [-0.1, -0.05) is 6.07 Å². The summed E-state index contributed by atoms with van der Waals surface area (Å²) >= 11 is 0. The number of piperazine rings is 1. The van der Waals surface area contributed by atoms with E-state index in [2.05, 4.69) is 15.2 Å². The third kappa shape index (κ3) is 3.68. The van der Waals surface area contributed by atoms with Gasteiger partial charge in [-0.25, -0.2) is 9.78 Å². The van der Waals surface area contributed by atoms with Crippen molar-refractivity contribution in [2.24, 2.45) is 0 Å². The summed E-state index contributed by atoms with van der Waals surface area (Å²) in [6.45, 7) is 2.53. The normalized spacial score (nSPS) is 19.9. The summed E-state index contributed by atoms with van der Waals surface area (Å²) in [6, 6.07) is 7.80. The molecule has 2 aliphatic heterocycles. The molecule has 0 aliphatic carbocycles. The number of hydrogen-bond acceptors (Lipinski definition) is 6. The number of anilines is 1. The van der Waals surface area contributed by atoms with Crippen LogP contribution in [0.1, 0.15) is 12.2 Å². The molecule has 0 saturated carbocycles. The van der Waals surface area contributed by atoms with E-state index in [0.717, 1.165) is 10.7 Å². The van der Waals surface area contributed by atoms with E-state index < -0.39 is 18.0 Å². The summed E-state index contributed by atoms with van der Waals surface area (Å²) in [5.41, 5.74) is 0. The monoisotopic (exact) mass is 383 g/mol. The first kappa shape index (κ1) is 18.0. The molecule has 2 aromatic heterocycles. The van der Waals surface area contributed by atoms with E-state index >= 15 is 0 Å². The van der Waals surface area contributed by atoms with Crippen LogP contribution in [0.3, 0.4) is 0 Å². The van der Waals surface area contributed by atoms with Crippen molar-refractivity contribution in [3.63, 3.8) is 0 Å². The molecule has 1 atom stereocenters. The molecule has 2 aromatic rings. The Morgan fingerprint density at radius 2 is 1.96 bits per heavy atom. The third-order valence-electron chi connectivity index (χ3n) is 4.99. The number of furan rings is 1. The Morgan fingerprint density at radius 1 is 1.14 bits per heavy atom. The fraction of sp³-hybridized carbons (Fsp3) is 0.368. The topological polar surface area (TPSA) is 99.0 Å². The molecule has 0 radical (unpaired) electrons. The molecule has 0 aromatic carbocycles. The largest absolute Gasteiger partial charge is 0.467 e. The van der Waals surface area contributed by atoms with E-state index in [1.54, 1.807) is 23.2 Å². The quantitative estimate of drug-likeness (QED) is 0.768. The number of nitrogens with one attached hydrogen (secondary N) is 1. The van der Waals surface area contributed by atoms with Crippen LogP contribution in [-0.2, 0) is 16.1 Å². The molecule has 28 heavy (non-hydrogen) atoms. The maximum Gasteiger partial charge on any atom is 0.325 e. The number of amides is 4. The fourth-order valence-electron chi connectivity index (χ4n) is 3.45. The van der Waals surface area contributed by atoms with Crippen molar-refractivity contribution < 1.29 is 18.8 Å². The van der Waals surface area contributed by atoms with Gasteiger partial charge < -0.3 is 19.5 Å². The van der Waals surface area contributed by atoms with Crippen molar-refractivity contribution in [1.29, 1.82) is 0 Å². The fourth-order valence-corrected chi connectivity index (χ4v) is 3.45. The van der Waals surface area contributed by atoms with Crippen LogP contribution in [0.2, 0.25) is 0 Å². The van der Waals surface area contributed by atoms with Crippen molar-refractivity contribution in [3.05, 3.63) is 48.6 Å². The van der Waals surface area contributed by atoms with Gasteiger partial charge >= 0.3 is 6.03 Å². The van der Waals surface area contributed by atoms with Crippen LogP contribution in [0, 0.1) is 0 Å². The number of carbonyl (C=O) groups excluding carboxylic acids is 3. The lowest BCUT2D eigenvalue weighted by Gasteiger charge is -2.35. The zero-order valence-electron chi connectivity index (χ0n) is 15.3. The maximum atomic E-state index is 12.6. The molecule has 0 bridgehead atoms. The van der Waals surface area contributed by atoms with E-state index in [9.17, 15) is 14.4 Å². The van der Waals surface area contributed by atoms with E-state index in [1.807, 2.05) is 18.2 Å². The van der Waals surface area contributed by atoms with E-state index in [1.165, 1.54) is 6.26 Å². The highest BCUT2D eigenvalue weighted by Crippen LogP contribution is 2.17. The number of aromatic nitrogens is 1.